The van der Waals surface area contributed by atoms with Gasteiger partial charge in [-0.05, 0) is 50.0 Å². The molecule has 0 aromatic carbocycles. The summed E-state index contributed by atoms with van der Waals surface area (Å²) in [5.74, 6) is 1.91. The number of rotatable bonds is 3. The van der Waals surface area contributed by atoms with Gasteiger partial charge in [0.15, 0.2) is 5.16 Å². The van der Waals surface area contributed by atoms with E-state index in [2.05, 4.69) is 0 Å². The van der Waals surface area contributed by atoms with Gasteiger partial charge in [-0.25, -0.2) is 4.98 Å². The minimum absolute atomic E-state index is 0.167. The maximum absolute atomic E-state index is 12.8. The van der Waals surface area contributed by atoms with E-state index < -0.39 is 0 Å². The molecule has 0 saturated heterocycles. The number of hydrogen-bond acceptors (Lipinski definition) is 4. The summed E-state index contributed by atoms with van der Waals surface area (Å²) < 4.78 is 1.79. The van der Waals surface area contributed by atoms with Crippen molar-refractivity contribution in [3.8, 4) is 0 Å². The van der Waals surface area contributed by atoms with Gasteiger partial charge in [-0.15, -0.1) is 11.3 Å². The van der Waals surface area contributed by atoms with Crippen LogP contribution in [0, 0.1) is 5.92 Å². The third-order valence-corrected chi connectivity index (χ3v) is 7.78. The average Bonchev–Trinajstić information content (AvgIpc) is 2.96. The summed E-state index contributed by atoms with van der Waals surface area (Å²) in [6.07, 6.45) is 11.5. The van der Waals surface area contributed by atoms with Crippen molar-refractivity contribution >= 4 is 33.3 Å². The molecule has 2 aliphatic carbocycles. The number of nitrogens with zero attached hydrogens (tertiary/aromatic N) is 2. The molecule has 0 amide bonds. The smallest absolute Gasteiger partial charge is 0.262 e. The fourth-order valence-corrected chi connectivity index (χ4v) is 6.40. The molecule has 124 valence electrons. The van der Waals surface area contributed by atoms with Crippen molar-refractivity contribution in [1.29, 1.82) is 0 Å². The molecular formula is C18H24N2OS2. The fraction of sp³-hybridized carbons (Fsp3) is 0.667. The van der Waals surface area contributed by atoms with Gasteiger partial charge in [-0.3, -0.25) is 9.36 Å². The Kier molecular flexibility index (Phi) is 4.50. The Balaban J connectivity index is 1.65. The second-order valence-corrected chi connectivity index (χ2v) is 9.04. The lowest BCUT2D eigenvalue weighted by atomic mass is 9.91. The Labute approximate surface area is 145 Å². The van der Waals surface area contributed by atoms with Crippen LogP contribution in [0.3, 0.4) is 0 Å². The Bertz CT molecular complexity index is 771. The molecule has 23 heavy (non-hydrogen) atoms. The van der Waals surface area contributed by atoms with Crippen LogP contribution >= 0.6 is 23.1 Å². The largest absolute Gasteiger partial charge is 0.290 e. The average molecular weight is 349 g/mol. The highest BCUT2D eigenvalue weighted by Crippen LogP contribution is 2.35. The second kappa shape index (κ2) is 6.60. The van der Waals surface area contributed by atoms with E-state index in [-0.39, 0.29) is 5.56 Å². The van der Waals surface area contributed by atoms with E-state index in [0.717, 1.165) is 39.9 Å². The first-order valence-corrected chi connectivity index (χ1v) is 10.7. The van der Waals surface area contributed by atoms with Crippen LogP contribution < -0.4 is 5.56 Å². The van der Waals surface area contributed by atoms with E-state index in [9.17, 15) is 4.79 Å². The molecular weight excluding hydrogens is 324 g/mol. The van der Waals surface area contributed by atoms with Crippen molar-refractivity contribution in [3.05, 3.63) is 20.8 Å². The van der Waals surface area contributed by atoms with Gasteiger partial charge in [0.1, 0.15) is 4.83 Å². The number of aryl methyl sites for hydroxylation is 2. The van der Waals surface area contributed by atoms with E-state index in [1.807, 2.05) is 7.05 Å². The lowest BCUT2D eigenvalue weighted by molar-refractivity contribution is 0.390. The van der Waals surface area contributed by atoms with Crippen molar-refractivity contribution < 1.29 is 0 Å². The first kappa shape index (κ1) is 15.7. The maximum Gasteiger partial charge on any atom is 0.262 e. The van der Waals surface area contributed by atoms with Crippen molar-refractivity contribution in [2.45, 2.75) is 62.9 Å². The molecule has 4 rings (SSSR count). The molecule has 2 aliphatic rings. The zero-order valence-electron chi connectivity index (χ0n) is 13.8. The van der Waals surface area contributed by atoms with E-state index in [0.29, 0.717) is 0 Å². The Hall–Kier alpha value is -0.810. The van der Waals surface area contributed by atoms with Gasteiger partial charge >= 0.3 is 0 Å². The fourth-order valence-electron chi connectivity index (χ4n) is 3.94. The van der Waals surface area contributed by atoms with Gasteiger partial charge < -0.3 is 0 Å². The quantitative estimate of drug-likeness (QED) is 0.603. The van der Waals surface area contributed by atoms with Crippen LogP contribution in [0.15, 0.2) is 9.95 Å². The van der Waals surface area contributed by atoms with Crippen LogP contribution in [0.2, 0.25) is 0 Å². The predicted molar refractivity (Wildman–Crippen MR) is 98.8 cm³/mol. The summed E-state index contributed by atoms with van der Waals surface area (Å²) in [5, 5.41) is 1.82. The molecule has 1 fully saturated rings. The van der Waals surface area contributed by atoms with Gasteiger partial charge in [0.25, 0.3) is 5.56 Å². The van der Waals surface area contributed by atoms with Crippen molar-refractivity contribution in [1.82, 2.24) is 9.55 Å². The van der Waals surface area contributed by atoms with Crippen LogP contribution in [0.5, 0.6) is 0 Å². The number of hydrogen-bond donors (Lipinski definition) is 0. The topological polar surface area (TPSA) is 34.9 Å². The Morgan fingerprint density at radius 1 is 1.17 bits per heavy atom. The molecule has 0 N–H and O–H groups in total. The molecule has 5 heteroatoms. The van der Waals surface area contributed by atoms with E-state index in [1.54, 1.807) is 27.7 Å². The van der Waals surface area contributed by atoms with Gasteiger partial charge in [0, 0.05) is 17.7 Å². The highest BCUT2D eigenvalue weighted by atomic mass is 32.2. The normalized spacial score (nSPS) is 19.2. The van der Waals surface area contributed by atoms with Gasteiger partial charge in [0.05, 0.1) is 5.39 Å². The maximum atomic E-state index is 12.8. The van der Waals surface area contributed by atoms with Crippen molar-refractivity contribution in [2.24, 2.45) is 13.0 Å². The van der Waals surface area contributed by atoms with E-state index in [1.165, 1.54) is 55.4 Å². The molecule has 0 radical (unpaired) electrons. The van der Waals surface area contributed by atoms with E-state index >= 15 is 0 Å². The molecule has 0 atom stereocenters. The second-order valence-electron chi connectivity index (χ2n) is 6.96. The summed E-state index contributed by atoms with van der Waals surface area (Å²) in [4.78, 5) is 20.1. The summed E-state index contributed by atoms with van der Waals surface area (Å²) in [5.41, 5.74) is 1.47. The minimum Gasteiger partial charge on any atom is -0.290 e. The zero-order valence-corrected chi connectivity index (χ0v) is 15.4. The molecule has 3 nitrogen and oxygen atoms in total. The molecule has 1 saturated carbocycles. The third-order valence-electron chi connectivity index (χ3n) is 5.33. The van der Waals surface area contributed by atoms with Gasteiger partial charge in [-0.1, -0.05) is 31.0 Å². The summed E-state index contributed by atoms with van der Waals surface area (Å²) in [6, 6.07) is 0. The minimum atomic E-state index is 0.167. The lowest BCUT2D eigenvalue weighted by Gasteiger charge is -2.21. The first-order valence-electron chi connectivity index (χ1n) is 8.88. The third kappa shape index (κ3) is 2.98. The van der Waals surface area contributed by atoms with E-state index in [4.69, 9.17) is 4.98 Å². The summed E-state index contributed by atoms with van der Waals surface area (Å²) in [7, 11) is 1.89. The highest BCUT2D eigenvalue weighted by Gasteiger charge is 2.22. The molecule has 2 aromatic rings. The lowest BCUT2D eigenvalue weighted by Crippen LogP contribution is -2.21. The van der Waals surface area contributed by atoms with Gasteiger partial charge in [0.2, 0.25) is 0 Å². The SMILES string of the molecule is Cn1c(SCC2CCCCC2)nc2sc3c(c2c1=O)CCCC3. The molecule has 0 spiro atoms. The Morgan fingerprint density at radius 3 is 2.78 bits per heavy atom. The van der Waals surface area contributed by atoms with Gasteiger partial charge in [-0.2, -0.15) is 0 Å². The monoisotopic (exact) mass is 348 g/mol. The van der Waals surface area contributed by atoms with Crippen molar-refractivity contribution in [2.75, 3.05) is 5.75 Å². The standard InChI is InChI=1S/C18H24N2OS2/c1-20-17(21)15-13-9-5-6-10-14(13)23-16(15)19-18(20)22-11-12-7-3-2-4-8-12/h12H,2-11H2,1H3. The number of thioether (sulfide) groups is 1. The molecule has 2 aromatic heterocycles. The number of fused-ring (bicyclic) bond motifs is 3. The summed E-state index contributed by atoms with van der Waals surface area (Å²) in [6.45, 7) is 0. The number of thiophene rings is 1. The molecule has 0 unspecified atom stereocenters. The van der Waals surface area contributed by atoms with Crippen LogP contribution in [0.1, 0.15) is 55.4 Å². The molecule has 0 bridgehead atoms. The molecule has 0 aliphatic heterocycles. The first-order chi connectivity index (χ1) is 11.2. The zero-order chi connectivity index (χ0) is 15.8. The number of aromatic nitrogens is 2. The predicted octanol–water partition coefficient (Wildman–Crippen LogP) is 4.55. The van der Waals surface area contributed by atoms with Crippen LogP contribution in [-0.4, -0.2) is 15.3 Å². The van der Waals surface area contributed by atoms with Crippen molar-refractivity contribution in [3.63, 3.8) is 0 Å². The molecule has 2 heterocycles. The summed E-state index contributed by atoms with van der Waals surface area (Å²) >= 11 is 3.55. The highest BCUT2D eigenvalue weighted by molar-refractivity contribution is 7.99. The van der Waals surface area contributed by atoms with Crippen LogP contribution in [0.25, 0.3) is 10.2 Å². The van der Waals surface area contributed by atoms with Crippen LogP contribution in [-0.2, 0) is 19.9 Å². The Morgan fingerprint density at radius 2 is 1.96 bits per heavy atom. The van der Waals surface area contributed by atoms with Crippen LogP contribution in [0.4, 0.5) is 0 Å².